The highest BCUT2D eigenvalue weighted by molar-refractivity contribution is 5.96. The topological polar surface area (TPSA) is 63.1 Å². The normalized spacial score (nSPS) is 21.7. The average Bonchev–Trinajstić information content (AvgIpc) is 3.00. The number of nitrogens with zero attached hydrogens (tertiary/aromatic N) is 4. The second-order valence-corrected chi connectivity index (χ2v) is 7.96. The number of piperidine rings is 1. The van der Waals surface area contributed by atoms with Crippen molar-refractivity contribution in [1.82, 2.24) is 25.0 Å². The van der Waals surface area contributed by atoms with E-state index in [0.717, 1.165) is 23.9 Å². The van der Waals surface area contributed by atoms with Crippen molar-refractivity contribution >= 4 is 16.9 Å². The zero-order valence-corrected chi connectivity index (χ0v) is 15.2. The molecule has 0 unspecified atom stereocenters. The second kappa shape index (κ2) is 6.41. The molecule has 3 heterocycles. The first-order chi connectivity index (χ1) is 12.0. The summed E-state index contributed by atoms with van der Waals surface area (Å²) in [5.74, 6) is -0.0115. The van der Waals surface area contributed by atoms with Crippen LogP contribution >= 0.6 is 0 Å². The van der Waals surface area contributed by atoms with Crippen molar-refractivity contribution in [1.29, 1.82) is 0 Å². The minimum absolute atomic E-state index is 0.0115. The molecule has 0 atom stereocenters. The van der Waals surface area contributed by atoms with E-state index in [9.17, 15) is 4.79 Å². The van der Waals surface area contributed by atoms with E-state index in [4.69, 9.17) is 0 Å². The number of nitrogens with one attached hydrogen (secondary N) is 1. The third kappa shape index (κ3) is 3.27. The minimum Gasteiger partial charge on any atom is -0.349 e. The quantitative estimate of drug-likeness (QED) is 0.911. The van der Waals surface area contributed by atoms with Gasteiger partial charge in [-0.15, -0.1) is 0 Å². The monoisotopic (exact) mass is 341 g/mol. The number of carbonyl (C=O) groups excluding carboxylic acids is 1. The summed E-state index contributed by atoms with van der Waals surface area (Å²) < 4.78 is 1.72. The first-order valence-corrected chi connectivity index (χ1v) is 9.32. The first-order valence-electron chi connectivity index (χ1n) is 9.32. The van der Waals surface area contributed by atoms with E-state index in [1.165, 1.54) is 38.8 Å². The van der Waals surface area contributed by atoms with Crippen LogP contribution in [0.3, 0.4) is 0 Å². The van der Waals surface area contributed by atoms with Crippen LogP contribution in [-0.4, -0.2) is 51.8 Å². The van der Waals surface area contributed by atoms with Crippen LogP contribution in [0.4, 0.5) is 0 Å². The Morgan fingerprint density at radius 3 is 2.60 bits per heavy atom. The lowest BCUT2D eigenvalue weighted by molar-refractivity contribution is 0.0654. The molecule has 0 radical (unpaired) electrons. The van der Waals surface area contributed by atoms with Crippen LogP contribution in [0.25, 0.3) is 11.0 Å². The van der Waals surface area contributed by atoms with Gasteiger partial charge in [-0.25, -0.2) is 4.98 Å². The fourth-order valence-corrected chi connectivity index (χ4v) is 4.40. The van der Waals surface area contributed by atoms with E-state index >= 15 is 0 Å². The summed E-state index contributed by atoms with van der Waals surface area (Å²) in [4.78, 5) is 19.4. The van der Waals surface area contributed by atoms with Crippen molar-refractivity contribution in [2.45, 2.75) is 44.6 Å². The number of carbonyl (C=O) groups is 1. The molecule has 1 N–H and O–H groups in total. The number of amides is 1. The lowest BCUT2D eigenvalue weighted by atomic mass is 9.67. The molecule has 2 aliphatic rings. The molecule has 2 aromatic heterocycles. The van der Waals surface area contributed by atoms with Gasteiger partial charge in [-0.05, 0) is 70.1 Å². The predicted octanol–water partition coefficient (Wildman–Crippen LogP) is 2.35. The third-order valence-corrected chi connectivity index (χ3v) is 6.26. The van der Waals surface area contributed by atoms with Gasteiger partial charge in [-0.1, -0.05) is 0 Å². The standard InChI is InChI=1S/C19H27N5O/c1-23-9-7-19(8-10-23)5-3-16(4-6-19)22-18(25)15-11-14-13-21-24(2)17(14)20-12-15/h11-13,16H,3-10H2,1-2H3,(H,22,25). The Bertz CT molecular complexity index is 765. The Morgan fingerprint density at radius 2 is 1.88 bits per heavy atom. The van der Waals surface area contributed by atoms with Gasteiger partial charge < -0.3 is 10.2 Å². The Morgan fingerprint density at radius 1 is 1.16 bits per heavy atom. The van der Waals surface area contributed by atoms with E-state index in [1.807, 2.05) is 13.1 Å². The molecule has 1 aliphatic heterocycles. The third-order valence-electron chi connectivity index (χ3n) is 6.26. The number of fused-ring (bicyclic) bond motifs is 1. The van der Waals surface area contributed by atoms with E-state index in [1.54, 1.807) is 17.1 Å². The van der Waals surface area contributed by atoms with Crippen LogP contribution in [0, 0.1) is 5.41 Å². The molecule has 134 valence electrons. The molecule has 2 aromatic rings. The number of rotatable bonds is 2. The van der Waals surface area contributed by atoms with Crippen LogP contribution in [0.15, 0.2) is 18.5 Å². The van der Waals surface area contributed by atoms with Crippen LogP contribution in [0.1, 0.15) is 48.9 Å². The van der Waals surface area contributed by atoms with E-state index in [2.05, 4.69) is 27.3 Å². The van der Waals surface area contributed by atoms with Gasteiger partial charge >= 0.3 is 0 Å². The average molecular weight is 341 g/mol. The summed E-state index contributed by atoms with van der Waals surface area (Å²) in [6, 6.07) is 2.17. The van der Waals surface area contributed by atoms with Gasteiger partial charge in [0.05, 0.1) is 11.8 Å². The molecule has 1 amide bonds. The molecule has 0 aromatic carbocycles. The number of hydrogen-bond acceptors (Lipinski definition) is 4. The van der Waals surface area contributed by atoms with Crippen molar-refractivity contribution < 1.29 is 4.79 Å². The molecule has 1 spiro atoms. The number of likely N-dealkylation sites (tertiary alicyclic amines) is 1. The van der Waals surface area contributed by atoms with Crippen molar-refractivity contribution in [2.75, 3.05) is 20.1 Å². The highest BCUT2D eigenvalue weighted by atomic mass is 16.1. The molecule has 4 rings (SSSR count). The zero-order valence-electron chi connectivity index (χ0n) is 15.2. The van der Waals surface area contributed by atoms with Gasteiger partial charge in [0, 0.05) is 24.7 Å². The summed E-state index contributed by atoms with van der Waals surface area (Å²) in [7, 11) is 4.07. The van der Waals surface area contributed by atoms with Gasteiger partial charge in [0.2, 0.25) is 0 Å². The van der Waals surface area contributed by atoms with Gasteiger partial charge in [-0.2, -0.15) is 5.10 Å². The fourth-order valence-electron chi connectivity index (χ4n) is 4.40. The van der Waals surface area contributed by atoms with Crippen molar-refractivity contribution in [3.63, 3.8) is 0 Å². The smallest absolute Gasteiger partial charge is 0.253 e. The summed E-state index contributed by atoms with van der Waals surface area (Å²) in [6.45, 7) is 2.43. The Kier molecular flexibility index (Phi) is 4.23. The van der Waals surface area contributed by atoms with Gasteiger partial charge in [0.1, 0.15) is 0 Å². The molecule has 6 heteroatoms. The molecular weight excluding hydrogens is 314 g/mol. The highest BCUT2D eigenvalue weighted by Gasteiger charge is 2.37. The summed E-state index contributed by atoms with van der Waals surface area (Å²) >= 11 is 0. The van der Waals surface area contributed by atoms with Crippen LogP contribution in [-0.2, 0) is 7.05 Å². The molecule has 1 saturated carbocycles. The molecule has 6 nitrogen and oxygen atoms in total. The summed E-state index contributed by atoms with van der Waals surface area (Å²) in [5.41, 5.74) is 1.96. The largest absolute Gasteiger partial charge is 0.349 e. The van der Waals surface area contributed by atoms with E-state index in [0.29, 0.717) is 17.0 Å². The molecule has 1 saturated heterocycles. The molecule has 2 fully saturated rings. The van der Waals surface area contributed by atoms with Gasteiger partial charge in [0.15, 0.2) is 5.65 Å². The lowest BCUT2D eigenvalue weighted by Gasteiger charge is -2.45. The summed E-state index contributed by atoms with van der Waals surface area (Å²) in [5, 5.41) is 8.31. The molecule has 1 aliphatic carbocycles. The number of hydrogen-bond donors (Lipinski definition) is 1. The Hall–Kier alpha value is -1.95. The van der Waals surface area contributed by atoms with Crippen molar-refractivity contribution in [3.05, 3.63) is 24.0 Å². The summed E-state index contributed by atoms with van der Waals surface area (Å²) in [6.07, 6.45) is 10.7. The first kappa shape index (κ1) is 16.5. The predicted molar refractivity (Wildman–Crippen MR) is 97.4 cm³/mol. The molecular formula is C19H27N5O. The number of aromatic nitrogens is 3. The lowest BCUT2D eigenvalue weighted by Crippen LogP contribution is -2.44. The van der Waals surface area contributed by atoms with Crippen molar-refractivity contribution in [3.8, 4) is 0 Å². The Labute approximate surface area is 148 Å². The number of aryl methyl sites for hydroxylation is 1. The van der Waals surface area contributed by atoms with E-state index < -0.39 is 0 Å². The maximum atomic E-state index is 12.6. The fraction of sp³-hybridized carbons (Fsp3) is 0.632. The molecule has 0 bridgehead atoms. The van der Waals surface area contributed by atoms with Crippen LogP contribution < -0.4 is 5.32 Å². The minimum atomic E-state index is -0.0115. The maximum absolute atomic E-state index is 12.6. The van der Waals surface area contributed by atoms with E-state index in [-0.39, 0.29) is 5.91 Å². The molecule has 25 heavy (non-hydrogen) atoms. The Balaban J connectivity index is 1.36. The van der Waals surface area contributed by atoms with Gasteiger partial charge in [0.25, 0.3) is 5.91 Å². The van der Waals surface area contributed by atoms with Crippen molar-refractivity contribution in [2.24, 2.45) is 12.5 Å². The van der Waals surface area contributed by atoms with Crippen LogP contribution in [0.5, 0.6) is 0 Å². The van der Waals surface area contributed by atoms with Crippen LogP contribution in [0.2, 0.25) is 0 Å². The van der Waals surface area contributed by atoms with Gasteiger partial charge in [-0.3, -0.25) is 9.48 Å². The maximum Gasteiger partial charge on any atom is 0.253 e. The highest BCUT2D eigenvalue weighted by Crippen LogP contribution is 2.44. The second-order valence-electron chi connectivity index (χ2n) is 7.96. The zero-order chi connectivity index (χ0) is 17.4. The SMILES string of the molecule is CN1CCC2(CCC(NC(=O)c3cnc4c(cnn4C)c3)CC2)CC1. The number of pyridine rings is 1.